The van der Waals surface area contributed by atoms with Crippen LogP contribution >= 0.6 is 0 Å². The van der Waals surface area contributed by atoms with Crippen molar-refractivity contribution < 1.29 is 38.7 Å². The fourth-order valence-corrected chi connectivity index (χ4v) is 4.89. The molecule has 2 aromatic heterocycles. The maximum Gasteiger partial charge on any atom is 0.197 e. The van der Waals surface area contributed by atoms with Gasteiger partial charge >= 0.3 is 0 Å². The van der Waals surface area contributed by atoms with Crippen molar-refractivity contribution in [1.82, 2.24) is 0 Å². The number of benzene rings is 4. The van der Waals surface area contributed by atoms with E-state index in [0.717, 1.165) is 6.07 Å². The fourth-order valence-electron chi connectivity index (χ4n) is 4.89. The molecule has 2 heterocycles. The Balaban J connectivity index is 1.64. The number of hydrogen-bond acceptors (Lipinski definition) is 10. The van der Waals surface area contributed by atoms with Crippen LogP contribution in [0.4, 0.5) is 0 Å². The maximum atomic E-state index is 13.3. The predicted octanol–water partition coefficient (Wildman–Crippen LogP) is 5.74. The Morgan fingerprint density at radius 2 is 1.21 bits per heavy atom. The van der Waals surface area contributed by atoms with Crippen LogP contribution in [-0.4, -0.2) is 34.6 Å². The number of methoxy groups -OCH3 is 2. The van der Waals surface area contributed by atoms with Crippen molar-refractivity contribution in [3.05, 3.63) is 93.2 Å². The van der Waals surface area contributed by atoms with E-state index in [1.165, 1.54) is 56.7 Å². The van der Waals surface area contributed by atoms with Gasteiger partial charge in [0.1, 0.15) is 62.4 Å². The van der Waals surface area contributed by atoms with E-state index in [1.54, 1.807) is 24.3 Å². The molecule has 10 nitrogen and oxygen atoms in total. The molecule has 210 valence electrons. The largest absolute Gasteiger partial charge is 0.508 e. The number of ether oxygens (including phenoxy) is 2. The van der Waals surface area contributed by atoms with E-state index in [9.17, 15) is 30.0 Å². The molecule has 6 aromatic rings. The molecule has 4 N–H and O–H groups in total. The summed E-state index contributed by atoms with van der Waals surface area (Å²) in [6, 6.07) is 17.3. The van der Waals surface area contributed by atoms with Crippen molar-refractivity contribution in [2.45, 2.75) is 0 Å². The smallest absolute Gasteiger partial charge is 0.197 e. The first-order valence-corrected chi connectivity index (χ1v) is 12.5. The van der Waals surface area contributed by atoms with Crippen LogP contribution in [0.1, 0.15) is 0 Å². The molecule has 0 aliphatic carbocycles. The molecule has 0 saturated carbocycles. The summed E-state index contributed by atoms with van der Waals surface area (Å²) in [6.07, 6.45) is 0. The summed E-state index contributed by atoms with van der Waals surface area (Å²) in [5.74, 6) is -0.807. The van der Waals surface area contributed by atoms with Gasteiger partial charge in [-0.3, -0.25) is 9.59 Å². The lowest BCUT2D eigenvalue weighted by atomic mass is 9.96. The molecule has 0 radical (unpaired) electrons. The van der Waals surface area contributed by atoms with Crippen molar-refractivity contribution in [2.24, 2.45) is 0 Å². The SMILES string of the molecule is COc1ccc(-c2cc(=O)c3c(O)c(-c4c(OC)cc(O)c5c(=O)cc(-c6ccc(O)cc6)oc45)c(O)cc3o2)cc1. The molecule has 0 spiro atoms. The van der Waals surface area contributed by atoms with Gasteiger partial charge < -0.3 is 38.7 Å². The summed E-state index contributed by atoms with van der Waals surface area (Å²) in [4.78, 5) is 26.5. The first kappa shape index (κ1) is 26.3. The molecule has 42 heavy (non-hydrogen) atoms. The van der Waals surface area contributed by atoms with E-state index in [2.05, 4.69) is 0 Å². The second kappa shape index (κ2) is 9.93. The Hall–Kier alpha value is -5.90. The van der Waals surface area contributed by atoms with Crippen molar-refractivity contribution >= 4 is 21.9 Å². The van der Waals surface area contributed by atoms with Gasteiger partial charge in [-0.25, -0.2) is 0 Å². The molecular weight excluding hydrogens is 544 g/mol. The molecular formula is C32H22O10. The van der Waals surface area contributed by atoms with Gasteiger partial charge in [-0.15, -0.1) is 0 Å². The highest BCUT2D eigenvalue weighted by molar-refractivity contribution is 6.06. The van der Waals surface area contributed by atoms with Gasteiger partial charge in [-0.1, -0.05) is 0 Å². The van der Waals surface area contributed by atoms with Crippen molar-refractivity contribution in [1.29, 1.82) is 0 Å². The van der Waals surface area contributed by atoms with Crippen molar-refractivity contribution in [3.63, 3.8) is 0 Å². The molecule has 0 fully saturated rings. The van der Waals surface area contributed by atoms with Gasteiger partial charge in [-0.2, -0.15) is 0 Å². The topological polar surface area (TPSA) is 160 Å². The van der Waals surface area contributed by atoms with E-state index < -0.39 is 28.1 Å². The normalized spacial score (nSPS) is 11.2. The number of hydrogen-bond donors (Lipinski definition) is 4. The number of fused-ring (bicyclic) bond motifs is 2. The Morgan fingerprint density at radius 1 is 0.619 bits per heavy atom. The highest BCUT2D eigenvalue weighted by Gasteiger charge is 2.27. The second-order valence-corrected chi connectivity index (χ2v) is 9.39. The summed E-state index contributed by atoms with van der Waals surface area (Å²) < 4.78 is 22.6. The van der Waals surface area contributed by atoms with Gasteiger partial charge in [0.25, 0.3) is 0 Å². The third-order valence-corrected chi connectivity index (χ3v) is 6.91. The van der Waals surface area contributed by atoms with E-state index in [1.807, 2.05) is 0 Å². The standard InChI is InChI=1S/C32H22O10/c1-39-18-9-5-16(6-10-18)23-12-21(36)28-26(41-23)14-22(37)29(31(28)38)30-25(40-2)13-20(35)27-19(34)11-24(42-32(27)30)15-3-7-17(33)8-4-15/h3-14,33,35,37-38H,1-2H3. The molecule has 4 aromatic carbocycles. The molecule has 0 atom stereocenters. The van der Waals surface area contributed by atoms with Gasteiger partial charge in [0.2, 0.25) is 0 Å². The summed E-state index contributed by atoms with van der Waals surface area (Å²) in [7, 11) is 2.82. The number of phenolic OH excluding ortho intramolecular Hbond substituents is 4. The third-order valence-electron chi connectivity index (χ3n) is 6.91. The van der Waals surface area contributed by atoms with E-state index in [-0.39, 0.29) is 56.1 Å². The Bertz CT molecular complexity index is 2120. The van der Waals surface area contributed by atoms with Crippen LogP contribution in [0.5, 0.6) is 34.5 Å². The Labute approximate surface area is 236 Å². The monoisotopic (exact) mass is 566 g/mol. The minimum atomic E-state index is -0.650. The minimum Gasteiger partial charge on any atom is -0.508 e. The maximum absolute atomic E-state index is 13.3. The van der Waals surface area contributed by atoms with Crippen LogP contribution in [0.15, 0.2) is 91.2 Å². The van der Waals surface area contributed by atoms with Crippen LogP contribution in [0, 0.1) is 0 Å². The number of phenols is 4. The van der Waals surface area contributed by atoms with Gasteiger partial charge in [0.05, 0.1) is 25.3 Å². The zero-order valence-electron chi connectivity index (χ0n) is 22.2. The van der Waals surface area contributed by atoms with Gasteiger partial charge in [0, 0.05) is 35.4 Å². The first-order valence-electron chi connectivity index (χ1n) is 12.5. The highest BCUT2D eigenvalue weighted by atomic mass is 16.5. The Kier molecular flexibility index (Phi) is 6.23. The van der Waals surface area contributed by atoms with Crippen molar-refractivity contribution in [2.75, 3.05) is 14.2 Å². The molecule has 0 saturated heterocycles. The van der Waals surface area contributed by atoms with Crippen LogP contribution in [-0.2, 0) is 0 Å². The summed E-state index contributed by atoms with van der Waals surface area (Å²) in [6.45, 7) is 0. The number of aromatic hydroxyl groups is 4. The summed E-state index contributed by atoms with van der Waals surface area (Å²) in [5, 5.41) is 42.5. The van der Waals surface area contributed by atoms with Crippen molar-refractivity contribution in [3.8, 4) is 68.3 Å². The predicted molar refractivity (Wildman–Crippen MR) is 155 cm³/mol. The zero-order chi connectivity index (χ0) is 29.7. The lowest BCUT2D eigenvalue weighted by Gasteiger charge is -2.16. The summed E-state index contributed by atoms with van der Waals surface area (Å²) >= 11 is 0. The third kappa shape index (κ3) is 4.22. The lowest BCUT2D eigenvalue weighted by molar-refractivity contribution is 0.407. The number of rotatable bonds is 5. The van der Waals surface area contributed by atoms with E-state index in [0.29, 0.717) is 16.9 Å². The first-order chi connectivity index (χ1) is 20.2. The molecule has 0 unspecified atom stereocenters. The van der Waals surface area contributed by atoms with Crippen LogP contribution in [0.2, 0.25) is 0 Å². The van der Waals surface area contributed by atoms with Crippen LogP contribution < -0.4 is 20.3 Å². The van der Waals surface area contributed by atoms with E-state index >= 15 is 0 Å². The molecule has 0 amide bonds. The Morgan fingerprint density at radius 3 is 1.83 bits per heavy atom. The highest BCUT2D eigenvalue weighted by Crippen LogP contribution is 2.50. The fraction of sp³-hybridized carbons (Fsp3) is 0.0625. The molecule has 10 heteroatoms. The summed E-state index contributed by atoms with van der Waals surface area (Å²) in [5.41, 5.74) is -0.907. The van der Waals surface area contributed by atoms with Crippen LogP contribution in [0.3, 0.4) is 0 Å². The van der Waals surface area contributed by atoms with Gasteiger partial charge in [-0.05, 0) is 48.5 Å². The zero-order valence-corrected chi connectivity index (χ0v) is 22.2. The molecule has 0 aliphatic rings. The molecule has 0 bridgehead atoms. The minimum absolute atomic E-state index is 0.00174. The van der Waals surface area contributed by atoms with Crippen LogP contribution in [0.25, 0.3) is 55.7 Å². The molecule has 0 aliphatic heterocycles. The lowest BCUT2D eigenvalue weighted by Crippen LogP contribution is -2.04. The quantitative estimate of drug-likeness (QED) is 0.203. The second-order valence-electron chi connectivity index (χ2n) is 9.39. The average molecular weight is 567 g/mol. The van der Waals surface area contributed by atoms with Gasteiger partial charge in [0.15, 0.2) is 16.4 Å². The average Bonchev–Trinajstić information content (AvgIpc) is 2.97. The molecule has 6 rings (SSSR count). The van der Waals surface area contributed by atoms with E-state index in [4.69, 9.17) is 18.3 Å².